The number of nitriles is 1. The van der Waals surface area contributed by atoms with Gasteiger partial charge in [0.2, 0.25) is 0 Å². The Hall–Kier alpha value is -1.29. The van der Waals surface area contributed by atoms with Crippen molar-refractivity contribution in [2.24, 2.45) is 0 Å². The van der Waals surface area contributed by atoms with Gasteiger partial charge in [-0.15, -0.1) is 0 Å². The van der Waals surface area contributed by atoms with Crippen LogP contribution in [-0.2, 0) is 12.8 Å². The van der Waals surface area contributed by atoms with Gasteiger partial charge in [-0.25, -0.2) is 0 Å². The summed E-state index contributed by atoms with van der Waals surface area (Å²) in [6.07, 6.45) is 6.27. The topological polar surface area (TPSA) is 23.8 Å². The lowest BCUT2D eigenvalue weighted by atomic mass is 10.0. The van der Waals surface area contributed by atoms with Gasteiger partial charge in [-0.05, 0) is 48.9 Å². The van der Waals surface area contributed by atoms with Gasteiger partial charge in [-0.2, -0.15) is 5.26 Å². The molecule has 0 spiro atoms. The molecular formula is C12H13N. The van der Waals surface area contributed by atoms with Crippen molar-refractivity contribution in [3.8, 4) is 6.07 Å². The van der Waals surface area contributed by atoms with E-state index in [9.17, 15) is 0 Å². The summed E-state index contributed by atoms with van der Waals surface area (Å²) in [5.41, 5.74) is 3.66. The molecule has 1 aromatic rings. The first-order chi connectivity index (χ1) is 6.40. The maximum absolute atomic E-state index is 8.76. The third-order valence-electron chi connectivity index (χ3n) is 2.73. The number of aryl methyl sites for hydroxylation is 2. The molecule has 1 aliphatic carbocycles. The molecule has 0 fully saturated rings. The molecule has 0 aliphatic heterocycles. The van der Waals surface area contributed by atoms with Crippen molar-refractivity contribution in [1.29, 1.82) is 5.26 Å². The fraction of sp³-hybridized carbons (Fsp3) is 0.417. The molecule has 0 saturated carbocycles. The molecule has 1 aromatic carbocycles. The highest BCUT2D eigenvalue weighted by molar-refractivity contribution is 5.38. The summed E-state index contributed by atoms with van der Waals surface area (Å²) >= 11 is 0. The Balaban J connectivity index is 2.39. The molecule has 13 heavy (non-hydrogen) atoms. The highest BCUT2D eigenvalue weighted by Gasteiger charge is 2.07. The number of rotatable bonds is 0. The van der Waals surface area contributed by atoms with Crippen molar-refractivity contribution in [1.82, 2.24) is 0 Å². The summed E-state index contributed by atoms with van der Waals surface area (Å²) in [6, 6.07) is 8.31. The number of fused-ring (bicyclic) bond motifs is 1. The first-order valence-electron chi connectivity index (χ1n) is 4.92. The first kappa shape index (κ1) is 8.31. The molecule has 1 heteroatoms. The van der Waals surface area contributed by atoms with Gasteiger partial charge >= 0.3 is 0 Å². The Morgan fingerprint density at radius 1 is 1.00 bits per heavy atom. The Morgan fingerprint density at radius 3 is 2.54 bits per heavy atom. The largest absolute Gasteiger partial charge is 0.192 e. The normalized spacial score (nSPS) is 15.6. The second kappa shape index (κ2) is 3.62. The summed E-state index contributed by atoms with van der Waals surface area (Å²) in [6.45, 7) is 0. The van der Waals surface area contributed by atoms with E-state index < -0.39 is 0 Å². The molecule has 0 saturated heterocycles. The maximum atomic E-state index is 8.76. The van der Waals surface area contributed by atoms with Crippen molar-refractivity contribution in [2.75, 3.05) is 0 Å². The van der Waals surface area contributed by atoms with E-state index in [2.05, 4.69) is 18.2 Å². The molecule has 0 radical (unpaired) electrons. The zero-order valence-corrected chi connectivity index (χ0v) is 7.71. The second-order valence-electron chi connectivity index (χ2n) is 3.66. The van der Waals surface area contributed by atoms with Crippen LogP contribution >= 0.6 is 0 Å². The van der Waals surface area contributed by atoms with Crippen LogP contribution in [0.1, 0.15) is 36.0 Å². The highest BCUT2D eigenvalue weighted by atomic mass is 14.2. The summed E-state index contributed by atoms with van der Waals surface area (Å²) in [7, 11) is 0. The summed E-state index contributed by atoms with van der Waals surface area (Å²) in [5.74, 6) is 0. The van der Waals surface area contributed by atoms with Crippen LogP contribution in [0.2, 0.25) is 0 Å². The quantitative estimate of drug-likeness (QED) is 0.551. The van der Waals surface area contributed by atoms with Gasteiger partial charge in [-0.1, -0.05) is 12.5 Å². The van der Waals surface area contributed by atoms with Crippen LogP contribution in [0.4, 0.5) is 0 Å². The predicted octanol–water partition coefficient (Wildman–Crippen LogP) is 2.83. The van der Waals surface area contributed by atoms with Crippen LogP contribution in [0.15, 0.2) is 18.2 Å². The standard InChI is InChI=1S/C12H13N/c13-9-10-6-7-11-4-2-1-3-5-12(11)8-10/h6-8H,1-5H2. The Labute approximate surface area is 79.0 Å². The molecule has 0 bridgehead atoms. The molecule has 1 nitrogen and oxygen atoms in total. The van der Waals surface area contributed by atoms with E-state index in [0.29, 0.717) is 0 Å². The van der Waals surface area contributed by atoms with Crippen LogP contribution in [0, 0.1) is 11.3 Å². The van der Waals surface area contributed by atoms with Gasteiger partial charge in [0.15, 0.2) is 0 Å². The molecule has 0 atom stereocenters. The SMILES string of the molecule is N#Cc1ccc2c(c1)CCCCC2. The van der Waals surface area contributed by atoms with Crippen molar-refractivity contribution >= 4 is 0 Å². The van der Waals surface area contributed by atoms with Crippen LogP contribution in [0.5, 0.6) is 0 Å². The maximum Gasteiger partial charge on any atom is 0.0991 e. The minimum absolute atomic E-state index is 0.806. The van der Waals surface area contributed by atoms with Crippen LogP contribution in [0.3, 0.4) is 0 Å². The van der Waals surface area contributed by atoms with E-state index in [-0.39, 0.29) is 0 Å². The Bertz CT molecular complexity index is 347. The van der Waals surface area contributed by atoms with E-state index in [0.717, 1.165) is 12.0 Å². The Morgan fingerprint density at radius 2 is 1.77 bits per heavy atom. The zero-order valence-electron chi connectivity index (χ0n) is 7.71. The minimum atomic E-state index is 0.806. The number of hydrogen-bond acceptors (Lipinski definition) is 1. The van der Waals surface area contributed by atoms with Crippen molar-refractivity contribution in [2.45, 2.75) is 32.1 Å². The zero-order chi connectivity index (χ0) is 9.10. The summed E-state index contributed by atoms with van der Waals surface area (Å²) < 4.78 is 0. The van der Waals surface area contributed by atoms with Crippen LogP contribution in [0.25, 0.3) is 0 Å². The number of hydrogen-bond donors (Lipinski definition) is 0. The van der Waals surface area contributed by atoms with Crippen LogP contribution in [-0.4, -0.2) is 0 Å². The number of nitrogens with zero attached hydrogens (tertiary/aromatic N) is 1. The van der Waals surface area contributed by atoms with Crippen LogP contribution < -0.4 is 0 Å². The average Bonchev–Trinajstić information content (AvgIpc) is 2.41. The summed E-state index contributed by atoms with van der Waals surface area (Å²) in [4.78, 5) is 0. The predicted molar refractivity (Wildman–Crippen MR) is 52.4 cm³/mol. The smallest absolute Gasteiger partial charge is 0.0991 e. The third kappa shape index (κ3) is 1.72. The first-order valence-corrected chi connectivity index (χ1v) is 4.92. The second-order valence-corrected chi connectivity index (χ2v) is 3.66. The summed E-state index contributed by atoms with van der Waals surface area (Å²) in [5, 5.41) is 8.76. The lowest BCUT2D eigenvalue weighted by Crippen LogP contribution is -1.91. The molecule has 0 N–H and O–H groups in total. The van der Waals surface area contributed by atoms with E-state index in [1.165, 1.54) is 36.8 Å². The molecule has 0 amide bonds. The molecule has 0 unspecified atom stereocenters. The van der Waals surface area contributed by atoms with E-state index in [1.54, 1.807) is 0 Å². The molecule has 0 aromatic heterocycles. The van der Waals surface area contributed by atoms with Gasteiger partial charge in [0.1, 0.15) is 0 Å². The van der Waals surface area contributed by atoms with Gasteiger partial charge in [0.05, 0.1) is 11.6 Å². The molecule has 0 heterocycles. The fourth-order valence-corrected chi connectivity index (χ4v) is 1.98. The van der Waals surface area contributed by atoms with Crippen molar-refractivity contribution in [3.05, 3.63) is 34.9 Å². The highest BCUT2D eigenvalue weighted by Crippen LogP contribution is 2.21. The van der Waals surface area contributed by atoms with Gasteiger partial charge in [0, 0.05) is 0 Å². The average molecular weight is 171 g/mol. The van der Waals surface area contributed by atoms with E-state index >= 15 is 0 Å². The van der Waals surface area contributed by atoms with E-state index in [4.69, 9.17) is 5.26 Å². The number of benzene rings is 1. The third-order valence-corrected chi connectivity index (χ3v) is 2.73. The molecule has 2 rings (SSSR count). The Kier molecular flexibility index (Phi) is 2.31. The lowest BCUT2D eigenvalue weighted by Gasteiger charge is -2.04. The lowest BCUT2D eigenvalue weighted by molar-refractivity contribution is 0.711. The monoisotopic (exact) mass is 171 g/mol. The molecular weight excluding hydrogens is 158 g/mol. The van der Waals surface area contributed by atoms with E-state index in [1.807, 2.05) is 6.07 Å². The fourth-order valence-electron chi connectivity index (χ4n) is 1.98. The van der Waals surface area contributed by atoms with Crippen molar-refractivity contribution in [3.63, 3.8) is 0 Å². The molecule has 1 aliphatic rings. The van der Waals surface area contributed by atoms with Crippen molar-refractivity contribution < 1.29 is 0 Å². The minimum Gasteiger partial charge on any atom is -0.192 e. The molecule has 66 valence electrons. The van der Waals surface area contributed by atoms with Gasteiger partial charge < -0.3 is 0 Å². The van der Waals surface area contributed by atoms with Gasteiger partial charge in [0.25, 0.3) is 0 Å². The van der Waals surface area contributed by atoms with Gasteiger partial charge in [-0.3, -0.25) is 0 Å².